The molecule has 2 aliphatic heterocycles. The van der Waals surface area contributed by atoms with Crippen LogP contribution in [0.3, 0.4) is 0 Å². The summed E-state index contributed by atoms with van der Waals surface area (Å²) < 4.78 is 0. The Morgan fingerprint density at radius 2 is 1.72 bits per heavy atom. The maximum Gasteiger partial charge on any atom is 0.253 e. The van der Waals surface area contributed by atoms with Crippen LogP contribution < -0.4 is 10.6 Å². The average Bonchev–Trinajstić information content (AvgIpc) is 2.77. The molecular formula is C23H25N3O3. The number of nitrogens with zero attached hydrogens (tertiary/aromatic N) is 2. The highest BCUT2D eigenvalue weighted by Gasteiger charge is 2.34. The largest absolute Gasteiger partial charge is 0.366 e. The number of primary amides is 1. The lowest BCUT2D eigenvalue weighted by Crippen LogP contribution is -2.48. The van der Waals surface area contributed by atoms with Gasteiger partial charge in [-0.1, -0.05) is 24.3 Å². The first-order valence-electron chi connectivity index (χ1n) is 10.1. The second-order valence-corrected chi connectivity index (χ2v) is 7.72. The summed E-state index contributed by atoms with van der Waals surface area (Å²) in [5, 5.41) is 0. The van der Waals surface area contributed by atoms with Gasteiger partial charge in [0.1, 0.15) is 0 Å². The van der Waals surface area contributed by atoms with Gasteiger partial charge in [-0.25, -0.2) is 0 Å². The molecule has 1 unspecified atom stereocenters. The Balaban J connectivity index is 1.54. The highest BCUT2D eigenvalue weighted by Crippen LogP contribution is 2.32. The van der Waals surface area contributed by atoms with Gasteiger partial charge < -0.3 is 15.5 Å². The van der Waals surface area contributed by atoms with Gasteiger partial charge in [-0.15, -0.1) is 0 Å². The molecule has 0 saturated carbocycles. The Bertz CT molecular complexity index is 942. The van der Waals surface area contributed by atoms with E-state index in [1.807, 2.05) is 24.3 Å². The van der Waals surface area contributed by atoms with Crippen molar-refractivity contribution in [3.63, 3.8) is 0 Å². The van der Waals surface area contributed by atoms with Crippen LogP contribution in [0.1, 0.15) is 45.5 Å². The van der Waals surface area contributed by atoms with Gasteiger partial charge in [0.25, 0.3) is 5.91 Å². The summed E-state index contributed by atoms with van der Waals surface area (Å²) in [5.74, 6) is -0.704. The fourth-order valence-corrected chi connectivity index (χ4v) is 4.43. The van der Waals surface area contributed by atoms with Gasteiger partial charge in [0.2, 0.25) is 11.8 Å². The Kier molecular flexibility index (Phi) is 5.34. The number of rotatable bonds is 3. The van der Waals surface area contributed by atoms with Crippen LogP contribution in [0.2, 0.25) is 0 Å². The lowest BCUT2D eigenvalue weighted by atomic mass is 9.92. The van der Waals surface area contributed by atoms with Crippen LogP contribution in [0.25, 0.3) is 0 Å². The lowest BCUT2D eigenvalue weighted by Gasteiger charge is -2.37. The smallest absolute Gasteiger partial charge is 0.253 e. The predicted octanol–water partition coefficient (Wildman–Crippen LogP) is 2.62. The number of likely N-dealkylation sites (tertiary alicyclic amines) is 1. The number of carbonyl (C=O) groups is 3. The molecule has 4 rings (SSSR count). The van der Waals surface area contributed by atoms with E-state index < -0.39 is 5.91 Å². The Hall–Kier alpha value is -3.15. The van der Waals surface area contributed by atoms with E-state index in [2.05, 4.69) is 0 Å². The zero-order chi connectivity index (χ0) is 20.4. The van der Waals surface area contributed by atoms with E-state index >= 15 is 0 Å². The first kappa shape index (κ1) is 19.2. The van der Waals surface area contributed by atoms with Crippen LogP contribution in [0.4, 0.5) is 5.69 Å². The molecule has 2 aromatic carbocycles. The Labute approximate surface area is 170 Å². The van der Waals surface area contributed by atoms with Crippen molar-refractivity contribution >= 4 is 23.4 Å². The van der Waals surface area contributed by atoms with Crippen molar-refractivity contribution in [3.05, 3.63) is 65.2 Å². The summed E-state index contributed by atoms with van der Waals surface area (Å²) in [6.45, 7) is 1.71. The SMILES string of the molecule is NC(=O)c1cccc2c1CCCN2C(=O)C1CCCN(C(=O)c2ccccc2)C1. The number of benzene rings is 2. The monoisotopic (exact) mass is 391 g/mol. The van der Waals surface area contributed by atoms with Gasteiger partial charge in [0, 0.05) is 36.4 Å². The van der Waals surface area contributed by atoms with Crippen molar-refractivity contribution in [1.82, 2.24) is 4.90 Å². The number of amides is 3. The van der Waals surface area contributed by atoms with Crippen molar-refractivity contribution in [1.29, 1.82) is 0 Å². The molecule has 0 spiro atoms. The maximum absolute atomic E-state index is 13.4. The van der Waals surface area contributed by atoms with Crippen molar-refractivity contribution < 1.29 is 14.4 Å². The highest BCUT2D eigenvalue weighted by molar-refractivity contribution is 6.01. The molecule has 6 nitrogen and oxygen atoms in total. The van der Waals surface area contributed by atoms with Crippen LogP contribution in [0.15, 0.2) is 48.5 Å². The number of hydrogen-bond donors (Lipinski definition) is 1. The molecule has 6 heteroatoms. The summed E-state index contributed by atoms with van der Waals surface area (Å²) in [6, 6.07) is 14.6. The second kappa shape index (κ2) is 8.07. The predicted molar refractivity (Wildman–Crippen MR) is 111 cm³/mol. The van der Waals surface area contributed by atoms with E-state index in [0.717, 1.165) is 36.9 Å². The molecule has 3 amide bonds. The normalized spacial score (nSPS) is 18.8. The summed E-state index contributed by atoms with van der Waals surface area (Å²) >= 11 is 0. The summed E-state index contributed by atoms with van der Waals surface area (Å²) in [4.78, 5) is 41.5. The summed E-state index contributed by atoms with van der Waals surface area (Å²) in [5.41, 5.74) is 8.30. The molecule has 0 aliphatic carbocycles. The number of carbonyl (C=O) groups excluding carboxylic acids is 3. The van der Waals surface area contributed by atoms with E-state index in [1.165, 1.54) is 0 Å². The molecule has 2 N–H and O–H groups in total. The third kappa shape index (κ3) is 3.75. The van der Waals surface area contributed by atoms with Crippen LogP contribution in [0.5, 0.6) is 0 Å². The van der Waals surface area contributed by atoms with E-state index in [9.17, 15) is 14.4 Å². The Morgan fingerprint density at radius 1 is 0.931 bits per heavy atom. The molecule has 0 aromatic heterocycles. The van der Waals surface area contributed by atoms with Crippen LogP contribution >= 0.6 is 0 Å². The number of nitrogens with two attached hydrogens (primary N) is 1. The molecule has 2 aromatic rings. The minimum Gasteiger partial charge on any atom is -0.366 e. The average molecular weight is 391 g/mol. The van der Waals surface area contributed by atoms with Crippen LogP contribution in [-0.4, -0.2) is 42.3 Å². The second-order valence-electron chi connectivity index (χ2n) is 7.72. The van der Waals surface area contributed by atoms with Crippen molar-refractivity contribution in [2.45, 2.75) is 25.7 Å². The molecule has 1 fully saturated rings. The van der Waals surface area contributed by atoms with Gasteiger partial charge in [0.05, 0.1) is 5.92 Å². The summed E-state index contributed by atoms with van der Waals surface area (Å²) in [7, 11) is 0. The van der Waals surface area contributed by atoms with E-state index in [0.29, 0.717) is 30.8 Å². The molecule has 1 atom stereocenters. The standard InChI is InChI=1S/C23H25N3O3/c24-21(27)19-10-4-12-20-18(19)11-6-14-26(20)23(29)17-9-5-13-25(15-17)22(28)16-7-2-1-3-8-16/h1-4,7-8,10,12,17H,5-6,9,11,13-15H2,(H2,24,27). The first-order chi connectivity index (χ1) is 14.1. The zero-order valence-electron chi connectivity index (χ0n) is 16.3. The van der Waals surface area contributed by atoms with Gasteiger partial charge in [-0.2, -0.15) is 0 Å². The Morgan fingerprint density at radius 3 is 2.48 bits per heavy atom. The minimum absolute atomic E-state index is 0.0260. The molecule has 150 valence electrons. The molecule has 29 heavy (non-hydrogen) atoms. The summed E-state index contributed by atoms with van der Waals surface area (Å²) in [6.07, 6.45) is 3.10. The fourth-order valence-electron chi connectivity index (χ4n) is 4.43. The van der Waals surface area contributed by atoms with Gasteiger partial charge in [0.15, 0.2) is 0 Å². The van der Waals surface area contributed by atoms with Crippen LogP contribution in [-0.2, 0) is 11.2 Å². The van der Waals surface area contributed by atoms with Crippen molar-refractivity contribution in [2.75, 3.05) is 24.5 Å². The van der Waals surface area contributed by atoms with E-state index in [4.69, 9.17) is 5.73 Å². The van der Waals surface area contributed by atoms with Gasteiger partial charge in [-0.05, 0) is 55.5 Å². The molecule has 0 radical (unpaired) electrons. The van der Waals surface area contributed by atoms with Crippen molar-refractivity contribution in [3.8, 4) is 0 Å². The maximum atomic E-state index is 13.4. The van der Waals surface area contributed by atoms with Crippen molar-refractivity contribution in [2.24, 2.45) is 11.7 Å². The number of piperidine rings is 1. The molecule has 1 saturated heterocycles. The third-order valence-electron chi connectivity index (χ3n) is 5.86. The number of anilines is 1. The van der Waals surface area contributed by atoms with E-state index in [1.54, 1.807) is 34.1 Å². The molecule has 2 heterocycles. The van der Waals surface area contributed by atoms with Gasteiger partial charge in [-0.3, -0.25) is 14.4 Å². The molecule has 0 bridgehead atoms. The van der Waals surface area contributed by atoms with Gasteiger partial charge >= 0.3 is 0 Å². The fraction of sp³-hybridized carbons (Fsp3) is 0.348. The van der Waals surface area contributed by atoms with Crippen LogP contribution in [0, 0.1) is 5.92 Å². The quantitative estimate of drug-likeness (QED) is 0.873. The lowest BCUT2D eigenvalue weighted by molar-refractivity contribution is -0.123. The number of hydrogen-bond acceptors (Lipinski definition) is 3. The van der Waals surface area contributed by atoms with E-state index in [-0.39, 0.29) is 17.7 Å². The third-order valence-corrected chi connectivity index (χ3v) is 5.86. The first-order valence-corrected chi connectivity index (χ1v) is 10.1. The number of fused-ring (bicyclic) bond motifs is 1. The minimum atomic E-state index is -0.464. The topological polar surface area (TPSA) is 83.7 Å². The molecular weight excluding hydrogens is 366 g/mol. The highest BCUT2D eigenvalue weighted by atomic mass is 16.2. The zero-order valence-corrected chi connectivity index (χ0v) is 16.3. The molecule has 2 aliphatic rings.